The molecule has 2 aromatic heterocycles. The molecule has 1 saturated carbocycles. The smallest absolute Gasteiger partial charge is 0.271 e. The number of amides is 1. The summed E-state index contributed by atoms with van der Waals surface area (Å²) in [5.41, 5.74) is 3.29. The molecule has 2 aliphatic rings. The molecular weight excluding hydrogens is 328 g/mol. The molecule has 0 atom stereocenters. The van der Waals surface area contributed by atoms with Crippen molar-refractivity contribution >= 4 is 17.5 Å². The number of halogens is 1. The van der Waals surface area contributed by atoms with Crippen LogP contribution in [0.25, 0.3) is 11.3 Å². The number of hydrogen-bond donors (Lipinski definition) is 0. The standard InChI is InChI=1S/C17H19ClN4O2/c1-11-8-19-16(18)20-14(11)12-7-13-15(23)22(5-6-24-2)17(3-4-17)10-21(13)9-12/h7-9H,3-6,10H2,1-2H3. The quantitative estimate of drug-likeness (QED) is 0.798. The minimum absolute atomic E-state index is 0.0305. The molecule has 126 valence electrons. The van der Waals surface area contributed by atoms with Crippen LogP contribution >= 0.6 is 11.6 Å². The number of carbonyl (C=O) groups is 1. The van der Waals surface area contributed by atoms with Crippen molar-refractivity contribution in [3.05, 3.63) is 35.0 Å². The number of methoxy groups -OCH3 is 1. The maximum absolute atomic E-state index is 13.0. The molecule has 2 aromatic rings. The van der Waals surface area contributed by atoms with E-state index in [0.29, 0.717) is 18.8 Å². The van der Waals surface area contributed by atoms with Gasteiger partial charge in [0.15, 0.2) is 0 Å². The minimum Gasteiger partial charge on any atom is -0.383 e. The summed E-state index contributed by atoms with van der Waals surface area (Å²) >= 11 is 5.94. The lowest BCUT2D eigenvalue weighted by atomic mass is 10.1. The first-order valence-corrected chi connectivity index (χ1v) is 8.42. The summed E-state index contributed by atoms with van der Waals surface area (Å²) in [6.07, 6.45) is 5.81. The van der Waals surface area contributed by atoms with Gasteiger partial charge in [0.25, 0.3) is 5.91 Å². The number of rotatable bonds is 4. The molecule has 0 unspecified atom stereocenters. The first-order chi connectivity index (χ1) is 11.5. The van der Waals surface area contributed by atoms with Gasteiger partial charge in [0, 0.05) is 38.2 Å². The van der Waals surface area contributed by atoms with Gasteiger partial charge in [-0.15, -0.1) is 0 Å². The third kappa shape index (κ3) is 2.41. The van der Waals surface area contributed by atoms with Crippen molar-refractivity contribution in [2.45, 2.75) is 31.8 Å². The predicted octanol–water partition coefficient (Wildman–Crippen LogP) is 2.54. The van der Waals surface area contributed by atoms with E-state index in [1.54, 1.807) is 13.3 Å². The van der Waals surface area contributed by atoms with Crippen molar-refractivity contribution in [1.29, 1.82) is 0 Å². The van der Waals surface area contributed by atoms with E-state index in [4.69, 9.17) is 16.3 Å². The Labute approximate surface area is 145 Å². The SMILES string of the molecule is COCCN1C(=O)c2cc(-c3nc(Cl)ncc3C)cn2CC12CC2. The third-order valence-electron chi connectivity index (χ3n) is 4.96. The van der Waals surface area contributed by atoms with Gasteiger partial charge in [-0.05, 0) is 43.0 Å². The van der Waals surface area contributed by atoms with E-state index in [0.717, 1.165) is 36.2 Å². The molecule has 3 heterocycles. The number of ether oxygens (including phenoxy) is 1. The molecular formula is C17H19ClN4O2. The molecule has 1 aliphatic carbocycles. The Morgan fingerprint density at radius 2 is 2.21 bits per heavy atom. The number of nitrogens with zero attached hydrogens (tertiary/aromatic N) is 4. The highest BCUT2D eigenvalue weighted by atomic mass is 35.5. The van der Waals surface area contributed by atoms with Crippen LogP contribution in [-0.4, -0.2) is 51.1 Å². The Hall–Kier alpha value is -1.92. The van der Waals surface area contributed by atoms with Gasteiger partial charge in [-0.1, -0.05) is 0 Å². The van der Waals surface area contributed by atoms with Crippen molar-refractivity contribution in [2.75, 3.05) is 20.3 Å². The Morgan fingerprint density at radius 3 is 2.92 bits per heavy atom. The van der Waals surface area contributed by atoms with E-state index in [-0.39, 0.29) is 16.7 Å². The van der Waals surface area contributed by atoms with Crippen molar-refractivity contribution in [3.63, 3.8) is 0 Å². The molecule has 24 heavy (non-hydrogen) atoms. The molecule has 0 bridgehead atoms. The lowest BCUT2D eigenvalue weighted by Crippen LogP contribution is -2.50. The molecule has 0 N–H and O–H groups in total. The molecule has 0 saturated heterocycles. The Kier molecular flexibility index (Phi) is 3.62. The topological polar surface area (TPSA) is 60.2 Å². The number of fused-ring (bicyclic) bond motifs is 1. The lowest BCUT2D eigenvalue weighted by molar-refractivity contribution is 0.0466. The van der Waals surface area contributed by atoms with Gasteiger partial charge < -0.3 is 14.2 Å². The van der Waals surface area contributed by atoms with Gasteiger partial charge in [0.05, 0.1) is 17.8 Å². The zero-order valence-electron chi connectivity index (χ0n) is 13.8. The van der Waals surface area contributed by atoms with Crippen molar-refractivity contribution in [3.8, 4) is 11.3 Å². The van der Waals surface area contributed by atoms with Gasteiger partial charge in [-0.2, -0.15) is 0 Å². The highest BCUT2D eigenvalue weighted by molar-refractivity contribution is 6.28. The summed E-state index contributed by atoms with van der Waals surface area (Å²) in [4.78, 5) is 23.3. The van der Waals surface area contributed by atoms with E-state index in [9.17, 15) is 4.79 Å². The fourth-order valence-corrected chi connectivity index (χ4v) is 3.65. The second kappa shape index (κ2) is 5.57. The van der Waals surface area contributed by atoms with E-state index >= 15 is 0 Å². The Morgan fingerprint density at radius 1 is 1.42 bits per heavy atom. The molecule has 1 aliphatic heterocycles. The van der Waals surface area contributed by atoms with Crippen molar-refractivity contribution < 1.29 is 9.53 Å². The van der Waals surface area contributed by atoms with Crippen LogP contribution in [0.2, 0.25) is 5.28 Å². The summed E-state index contributed by atoms with van der Waals surface area (Å²) in [6, 6.07) is 1.91. The largest absolute Gasteiger partial charge is 0.383 e. The van der Waals surface area contributed by atoms with Crippen molar-refractivity contribution in [2.24, 2.45) is 0 Å². The third-order valence-corrected chi connectivity index (χ3v) is 5.14. The van der Waals surface area contributed by atoms with E-state index in [1.807, 2.05) is 24.1 Å². The summed E-state index contributed by atoms with van der Waals surface area (Å²) < 4.78 is 7.23. The van der Waals surface area contributed by atoms with Crippen LogP contribution in [0, 0.1) is 6.92 Å². The number of aryl methyl sites for hydroxylation is 1. The maximum atomic E-state index is 13.0. The van der Waals surface area contributed by atoms with Crippen LogP contribution in [0.4, 0.5) is 0 Å². The van der Waals surface area contributed by atoms with Gasteiger partial charge in [-0.25, -0.2) is 9.97 Å². The Balaban J connectivity index is 1.73. The molecule has 6 nitrogen and oxygen atoms in total. The monoisotopic (exact) mass is 346 g/mol. The molecule has 0 aromatic carbocycles. The first kappa shape index (κ1) is 15.6. The second-order valence-corrected chi connectivity index (χ2v) is 6.92. The number of aromatic nitrogens is 3. The van der Waals surface area contributed by atoms with E-state index in [1.165, 1.54) is 0 Å². The molecule has 1 fully saturated rings. The van der Waals surface area contributed by atoms with E-state index in [2.05, 4.69) is 14.5 Å². The molecule has 1 amide bonds. The minimum atomic E-state index is -0.0305. The first-order valence-electron chi connectivity index (χ1n) is 8.05. The van der Waals surface area contributed by atoms with Crippen LogP contribution in [0.3, 0.4) is 0 Å². The highest BCUT2D eigenvalue weighted by Gasteiger charge is 2.53. The zero-order valence-corrected chi connectivity index (χ0v) is 14.5. The van der Waals surface area contributed by atoms with Crippen LogP contribution in [0.1, 0.15) is 28.9 Å². The molecule has 0 radical (unpaired) electrons. The van der Waals surface area contributed by atoms with Crippen LogP contribution < -0.4 is 0 Å². The average molecular weight is 347 g/mol. The summed E-state index contributed by atoms with van der Waals surface area (Å²) in [5, 5.41) is 0.214. The Bertz CT molecular complexity index is 813. The highest BCUT2D eigenvalue weighted by Crippen LogP contribution is 2.47. The summed E-state index contributed by atoms with van der Waals surface area (Å²) in [5.74, 6) is 0.0693. The lowest BCUT2D eigenvalue weighted by Gasteiger charge is -2.37. The summed E-state index contributed by atoms with van der Waals surface area (Å²) in [7, 11) is 1.66. The normalized spacial score (nSPS) is 18.1. The van der Waals surface area contributed by atoms with Crippen molar-refractivity contribution in [1.82, 2.24) is 19.4 Å². The molecule has 1 spiro atoms. The number of carbonyl (C=O) groups excluding carboxylic acids is 1. The van der Waals surface area contributed by atoms with E-state index < -0.39 is 0 Å². The van der Waals surface area contributed by atoms with Crippen LogP contribution in [0.15, 0.2) is 18.5 Å². The predicted molar refractivity (Wildman–Crippen MR) is 90.1 cm³/mol. The maximum Gasteiger partial charge on any atom is 0.271 e. The summed E-state index contributed by atoms with van der Waals surface area (Å²) in [6.45, 7) is 3.96. The number of hydrogen-bond acceptors (Lipinski definition) is 4. The van der Waals surface area contributed by atoms with Gasteiger partial charge in [0.1, 0.15) is 5.69 Å². The van der Waals surface area contributed by atoms with Gasteiger partial charge >= 0.3 is 0 Å². The van der Waals surface area contributed by atoms with Crippen LogP contribution in [0.5, 0.6) is 0 Å². The van der Waals surface area contributed by atoms with Gasteiger partial charge in [-0.3, -0.25) is 4.79 Å². The average Bonchev–Trinajstić information content (AvgIpc) is 3.18. The van der Waals surface area contributed by atoms with Gasteiger partial charge in [0.2, 0.25) is 5.28 Å². The zero-order chi connectivity index (χ0) is 16.9. The fraction of sp³-hybridized carbons (Fsp3) is 0.471. The second-order valence-electron chi connectivity index (χ2n) is 6.59. The molecule has 7 heteroatoms. The van der Waals surface area contributed by atoms with Crippen LogP contribution in [-0.2, 0) is 11.3 Å². The molecule has 4 rings (SSSR count). The fourth-order valence-electron chi connectivity index (χ4n) is 3.51.